The lowest BCUT2D eigenvalue weighted by Crippen LogP contribution is -2.23. The van der Waals surface area contributed by atoms with Crippen molar-refractivity contribution in [3.05, 3.63) is 60.6 Å². The molecule has 2 aliphatic heterocycles. The minimum atomic E-state index is -0.265. The molecule has 1 aromatic carbocycles. The van der Waals surface area contributed by atoms with E-state index < -0.39 is 0 Å². The second-order valence-corrected chi connectivity index (χ2v) is 8.92. The summed E-state index contributed by atoms with van der Waals surface area (Å²) in [6, 6.07) is 8.84. The zero-order valence-corrected chi connectivity index (χ0v) is 17.5. The van der Waals surface area contributed by atoms with Gasteiger partial charge in [0.05, 0.1) is 17.1 Å². The summed E-state index contributed by atoms with van der Waals surface area (Å²) >= 11 is 1.91. The molecule has 1 saturated heterocycles. The lowest BCUT2D eigenvalue weighted by atomic mass is 10.0. The molecule has 5 heterocycles. The second-order valence-electron chi connectivity index (χ2n) is 7.85. The van der Waals surface area contributed by atoms with Gasteiger partial charge in [0.1, 0.15) is 23.6 Å². The Morgan fingerprint density at radius 3 is 2.74 bits per heavy atom. The third-order valence-corrected chi connectivity index (χ3v) is 7.03. The lowest BCUT2D eigenvalue weighted by molar-refractivity contribution is 0.528. The summed E-state index contributed by atoms with van der Waals surface area (Å²) in [7, 11) is 0. The van der Waals surface area contributed by atoms with Crippen LogP contribution >= 0.6 is 11.8 Å². The smallest absolute Gasteiger partial charge is 0.230 e. The summed E-state index contributed by atoms with van der Waals surface area (Å²) in [5, 5.41) is 9.02. The first-order valence-corrected chi connectivity index (χ1v) is 11.5. The molecule has 31 heavy (non-hydrogen) atoms. The van der Waals surface area contributed by atoms with E-state index in [9.17, 15) is 4.39 Å². The van der Waals surface area contributed by atoms with Gasteiger partial charge in [-0.2, -0.15) is 16.9 Å². The van der Waals surface area contributed by atoms with Gasteiger partial charge in [0.2, 0.25) is 5.71 Å². The van der Waals surface area contributed by atoms with Crippen LogP contribution in [0.5, 0.6) is 0 Å². The van der Waals surface area contributed by atoms with Gasteiger partial charge in [0.25, 0.3) is 0 Å². The topological polar surface area (TPSA) is 68.8 Å². The number of allylic oxidation sites excluding steroid dienone is 1. The Labute approximate surface area is 182 Å². The number of nitrogens with one attached hydrogen (secondary N) is 1. The third kappa shape index (κ3) is 3.31. The van der Waals surface area contributed by atoms with Gasteiger partial charge in [-0.3, -0.25) is 4.68 Å². The van der Waals surface area contributed by atoms with Crippen LogP contribution in [0.4, 0.5) is 4.39 Å². The number of hydrogen-bond donors (Lipinski definition) is 1. The molecule has 0 atom stereocenters. The molecule has 0 aliphatic carbocycles. The number of nitrogens with zero attached hydrogens (tertiary/aromatic N) is 4. The van der Waals surface area contributed by atoms with Crippen molar-refractivity contribution in [3.8, 4) is 22.5 Å². The molecule has 6 nitrogen and oxygen atoms in total. The Morgan fingerprint density at radius 1 is 1.13 bits per heavy atom. The summed E-state index contributed by atoms with van der Waals surface area (Å²) < 4.78 is 21.6. The van der Waals surface area contributed by atoms with Gasteiger partial charge < -0.3 is 9.73 Å². The van der Waals surface area contributed by atoms with Crippen LogP contribution in [0.2, 0.25) is 0 Å². The van der Waals surface area contributed by atoms with Crippen LogP contribution in [0, 0.1) is 5.82 Å². The zero-order valence-electron chi connectivity index (χ0n) is 16.7. The average molecular weight is 434 g/mol. The number of fused-ring (bicyclic) bond motifs is 1. The fourth-order valence-electron chi connectivity index (χ4n) is 4.02. The van der Waals surface area contributed by atoms with Gasteiger partial charge in [-0.15, -0.1) is 0 Å². The lowest BCUT2D eigenvalue weighted by Gasteiger charge is -2.24. The minimum absolute atomic E-state index is 0.265. The van der Waals surface area contributed by atoms with Gasteiger partial charge >= 0.3 is 0 Å². The van der Waals surface area contributed by atoms with Crippen molar-refractivity contribution in [3.63, 3.8) is 0 Å². The van der Waals surface area contributed by atoms with Gasteiger partial charge in [-0.25, -0.2) is 14.4 Å². The van der Waals surface area contributed by atoms with Crippen LogP contribution in [0.25, 0.3) is 39.2 Å². The van der Waals surface area contributed by atoms with Crippen molar-refractivity contribution < 1.29 is 8.81 Å². The molecule has 8 heteroatoms. The molecule has 0 saturated carbocycles. The van der Waals surface area contributed by atoms with Gasteiger partial charge in [0.15, 0.2) is 0 Å². The fourth-order valence-corrected chi connectivity index (χ4v) is 4.77. The molecular formula is C23H20FN5OS. The quantitative estimate of drug-likeness (QED) is 0.494. The van der Waals surface area contributed by atoms with Crippen molar-refractivity contribution in [2.24, 2.45) is 0 Å². The monoisotopic (exact) mass is 433 g/mol. The number of benzene rings is 1. The number of furan rings is 1. The molecule has 0 amide bonds. The summed E-state index contributed by atoms with van der Waals surface area (Å²) in [5.74, 6) is 2.63. The van der Waals surface area contributed by atoms with Crippen molar-refractivity contribution in [1.82, 2.24) is 25.1 Å². The molecule has 2 aliphatic rings. The standard InChI is InChI=1S/C23H20FN5OS/c24-16-5-3-14(4-6-16)21-19(10-29(28-21)17-11-31-12-17)22-18-8-20(15-2-1-7-25-9-15)30-23(18)27-13-26-22/h3-6,8-10,13,17,25H,1-2,7,11-12H2. The molecule has 0 spiro atoms. The van der Waals surface area contributed by atoms with E-state index in [1.54, 1.807) is 12.1 Å². The number of thioether (sulfide) groups is 1. The number of halogens is 1. The van der Waals surface area contributed by atoms with E-state index in [1.807, 2.05) is 28.7 Å². The zero-order chi connectivity index (χ0) is 20.8. The molecular weight excluding hydrogens is 413 g/mol. The largest absolute Gasteiger partial charge is 0.438 e. The second kappa shape index (κ2) is 7.53. The van der Waals surface area contributed by atoms with E-state index >= 15 is 0 Å². The van der Waals surface area contributed by atoms with Crippen LogP contribution in [0.3, 0.4) is 0 Å². The van der Waals surface area contributed by atoms with Gasteiger partial charge in [0, 0.05) is 47.1 Å². The first kappa shape index (κ1) is 18.6. The van der Waals surface area contributed by atoms with Crippen molar-refractivity contribution in [1.29, 1.82) is 0 Å². The van der Waals surface area contributed by atoms with Crippen LogP contribution in [-0.4, -0.2) is 37.8 Å². The van der Waals surface area contributed by atoms with E-state index in [2.05, 4.69) is 21.5 Å². The Kier molecular flexibility index (Phi) is 4.52. The summed E-state index contributed by atoms with van der Waals surface area (Å²) in [5.41, 5.74) is 5.02. The molecule has 0 radical (unpaired) electrons. The molecule has 1 N–H and O–H groups in total. The van der Waals surface area contributed by atoms with E-state index in [0.29, 0.717) is 11.8 Å². The van der Waals surface area contributed by atoms with Gasteiger partial charge in [-0.1, -0.05) is 0 Å². The van der Waals surface area contributed by atoms with Crippen molar-refractivity contribution in [2.75, 3.05) is 18.1 Å². The average Bonchev–Trinajstić information content (AvgIpc) is 3.38. The first-order valence-electron chi connectivity index (χ1n) is 10.4. The predicted octanol–water partition coefficient (Wildman–Crippen LogP) is 4.90. The van der Waals surface area contributed by atoms with Crippen LogP contribution in [0.15, 0.2) is 53.5 Å². The minimum Gasteiger partial charge on any atom is -0.438 e. The molecule has 3 aromatic heterocycles. The highest BCUT2D eigenvalue weighted by molar-refractivity contribution is 8.00. The summed E-state index contributed by atoms with van der Waals surface area (Å²) in [6.07, 6.45) is 7.64. The Balaban J connectivity index is 1.51. The number of hydrogen-bond acceptors (Lipinski definition) is 6. The Morgan fingerprint density at radius 2 is 2.00 bits per heavy atom. The maximum atomic E-state index is 13.5. The van der Waals surface area contributed by atoms with E-state index in [1.165, 1.54) is 18.5 Å². The molecule has 4 aromatic rings. The van der Waals surface area contributed by atoms with Gasteiger partial charge in [-0.05, 0) is 43.2 Å². The van der Waals surface area contributed by atoms with Crippen LogP contribution in [-0.2, 0) is 0 Å². The van der Waals surface area contributed by atoms with Crippen molar-refractivity contribution >= 4 is 28.4 Å². The molecule has 156 valence electrons. The third-order valence-electron chi connectivity index (χ3n) is 5.79. The highest BCUT2D eigenvalue weighted by atomic mass is 32.2. The van der Waals surface area contributed by atoms with Crippen LogP contribution in [0.1, 0.15) is 24.6 Å². The van der Waals surface area contributed by atoms with Crippen LogP contribution < -0.4 is 5.32 Å². The number of rotatable bonds is 4. The van der Waals surface area contributed by atoms with Crippen molar-refractivity contribution in [2.45, 2.75) is 18.9 Å². The molecule has 0 unspecified atom stereocenters. The highest BCUT2D eigenvalue weighted by Crippen LogP contribution is 2.38. The van der Waals surface area contributed by atoms with E-state index in [4.69, 9.17) is 9.52 Å². The summed E-state index contributed by atoms with van der Waals surface area (Å²) in [4.78, 5) is 8.98. The molecule has 1 fully saturated rings. The number of aromatic nitrogens is 4. The highest BCUT2D eigenvalue weighted by Gasteiger charge is 2.25. The predicted molar refractivity (Wildman–Crippen MR) is 120 cm³/mol. The maximum Gasteiger partial charge on any atom is 0.230 e. The van der Waals surface area contributed by atoms with E-state index in [-0.39, 0.29) is 5.82 Å². The fraction of sp³-hybridized carbons (Fsp3) is 0.261. The summed E-state index contributed by atoms with van der Waals surface area (Å²) in [6.45, 7) is 0.981. The molecule has 6 rings (SSSR count). The Hall–Kier alpha value is -3.13. The first-order chi connectivity index (χ1) is 15.3. The normalized spacial score (nSPS) is 16.7. The maximum absolute atomic E-state index is 13.5. The Bertz CT molecular complexity index is 1290. The SMILES string of the molecule is Fc1ccc(-c2nn(C3CSC3)cc2-c2ncnc3oc(C4=CNCCC4)cc23)cc1. The molecule has 0 bridgehead atoms. The van der Waals surface area contributed by atoms with E-state index in [0.717, 1.165) is 70.1 Å².